The lowest BCUT2D eigenvalue weighted by Crippen LogP contribution is -2.50. The van der Waals surface area contributed by atoms with Gasteiger partial charge in [-0.1, -0.05) is 24.3 Å². The van der Waals surface area contributed by atoms with Crippen LogP contribution in [0.1, 0.15) is 44.7 Å². The maximum Gasteiger partial charge on any atom is 0.417 e. The van der Waals surface area contributed by atoms with E-state index in [-0.39, 0.29) is 49.6 Å². The number of hydrogen-bond donors (Lipinski definition) is 1. The first-order valence-corrected chi connectivity index (χ1v) is 11.1. The predicted octanol–water partition coefficient (Wildman–Crippen LogP) is 3.60. The van der Waals surface area contributed by atoms with E-state index in [0.29, 0.717) is 5.56 Å². The van der Waals surface area contributed by atoms with E-state index < -0.39 is 17.6 Å². The number of amides is 3. The molecular weight excluding hydrogens is 447 g/mol. The first-order chi connectivity index (χ1) is 16.2. The van der Waals surface area contributed by atoms with Gasteiger partial charge in [0.05, 0.1) is 11.1 Å². The van der Waals surface area contributed by atoms with Crippen molar-refractivity contribution in [3.05, 3.63) is 76.9 Å². The molecule has 1 saturated heterocycles. The summed E-state index contributed by atoms with van der Waals surface area (Å²) < 4.78 is 39.7. The highest BCUT2D eigenvalue weighted by atomic mass is 19.4. The molecule has 1 aliphatic heterocycles. The maximum absolute atomic E-state index is 13.2. The van der Waals surface area contributed by atoms with Gasteiger partial charge in [0.15, 0.2) is 0 Å². The van der Waals surface area contributed by atoms with E-state index in [1.165, 1.54) is 29.2 Å². The molecule has 3 amide bonds. The summed E-state index contributed by atoms with van der Waals surface area (Å²) in [6.07, 6.45) is 0.460. The minimum atomic E-state index is -4.62. The first-order valence-electron chi connectivity index (χ1n) is 11.1. The topological polar surface area (TPSA) is 69.7 Å². The van der Waals surface area contributed by atoms with Gasteiger partial charge >= 0.3 is 6.18 Å². The average molecular weight is 471 g/mol. The van der Waals surface area contributed by atoms with E-state index in [1.54, 1.807) is 35.2 Å². The molecule has 0 bridgehead atoms. The fraction of sp³-hybridized carbons (Fsp3) is 0.320. The van der Waals surface area contributed by atoms with Crippen LogP contribution in [-0.4, -0.2) is 59.7 Å². The summed E-state index contributed by atoms with van der Waals surface area (Å²) in [6, 6.07) is 11.9. The normalized spacial score (nSPS) is 16.6. The molecule has 6 nitrogen and oxygen atoms in total. The lowest BCUT2D eigenvalue weighted by atomic mass is 10.1. The third-order valence-corrected chi connectivity index (χ3v) is 5.85. The van der Waals surface area contributed by atoms with Gasteiger partial charge in [0.1, 0.15) is 0 Å². The minimum Gasteiger partial charge on any atom is -0.349 e. The van der Waals surface area contributed by atoms with E-state index in [4.69, 9.17) is 0 Å². The minimum absolute atomic E-state index is 0.112. The zero-order valence-corrected chi connectivity index (χ0v) is 18.3. The van der Waals surface area contributed by atoms with Crippen molar-refractivity contribution in [2.24, 2.45) is 0 Å². The number of nitrogens with one attached hydrogen (secondary N) is 1. The number of piperazine rings is 1. The molecule has 0 atom stereocenters. The number of halogens is 3. The second-order valence-electron chi connectivity index (χ2n) is 8.36. The number of hydrogen-bond acceptors (Lipinski definition) is 3. The molecule has 2 fully saturated rings. The van der Waals surface area contributed by atoms with E-state index >= 15 is 0 Å². The molecule has 4 rings (SSSR count). The highest BCUT2D eigenvalue weighted by molar-refractivity contribution is 5.97. The summed E-state index contributed by atoms with van der Waals surface area (Å²) in [7, 11) is 0. The van der Waals surface area contributed by atoms with Crippen LogP contribution in [-0.2, 0) is 11.0 Å². The SMILES string of the molecule is O=C(NC1CC1)c1ccc(/C=C/C(=O)N2CCN(C(=O)c3ccccc3C(F)(F)F)CC2)cc1. The molecule has 34 heavy (non-hydrogen) atoms. The molecule has 0 radical (unpaired) electrons. The molecule has 1 N–H and O–H groups in total. The van der Waals surface area contributed by atoms with Crippen molar-refractivity contribution >= 4 is 23.8 Å². The highest BCUT2D eigenvalue weighted by Gasteiger charge is 2.36. The summed E-state index contributed by atoms with van der Waals surface area (Å²) in [5.41, 5.74) is -0.0291. The van der Waals surface area contributed by atoms with Crippen LogP contribution < -0.4 is 5.32 Å². The largest absolute Gasteiger partial charge is 0.417 e. The van der Waals surface area contributed by atoms with Crippen LogP contribution in [0.3, 0.4) is 0 Å². The van der Waals surface area contributed by atoms with Crippen molar-refractivity contribution in [3.8, 4) is 0 Å². The Balaban J connectivity index is 1.31. The van der Waals surface area contributed by atoms with Gasteiger partial charge in [-0.3, -0.25) is 14.4 Å². The van der Waals surface area contributed by atoms with Gasteiger partial charge in [0, 0.05) is 43.9 Å². The van der Waals surface area contributed by atoms with E-state index in [9.17, 15) is 27.6 Å². The monoisotopic (exact) mass is 471 g/mol. The lowest BCUT2D eigenvalue weighted by Gasteiger charge is -2.34. The zero-order valence-electron chi connectivity index (χ0n) is 18.3. The Labute approximate surface area is 195 Å². The number of carbonyl (C=O) groups is 3. The average Bonchev–Trinajstić information content (AvgIpc) is 3.66. The number of benzene rings is 2. The third kappa shape index (κ3) is 5.65. The molecule has 0 aromatic heterocycles. The van der Waals surface area contributed by atoms with Crippen LogP contribution in [0.4, 0.5) is 13.2 Å². The van der Waals surface area contributed by atoms with E-state index in [0.717, 1.165) is 24.5 Å². The van der Waals surface area contributed by atoms with E-state index in [1.807, 2.05) is 0 Å². The molecule has 2 aromatic rings. The van der Waals surface area contributed by atoms with Gasteiger partial charge < -0.3 is 15.1 Å². The third-order valence-electron chi connectivity index (χ3n) is 5.85. The Morgan fingerprint density at radius 2 is 1.50 bits per heavy atom. The predicted molar refractivity (Wildman–Crippen MR) is 120 cm³/mol. The summed E-state index contributed by atoms with van der Waals surface area (Å²) in [5, 5.41) is 2.91. The van der Waals surface area contributed by atoms with Crippen molar-refractivity contribution in [2.45, 2.75) is 25.1 Å². The fourth-order valence-electron chi connectivity index (χ4n) is 3.73. The Morgan fingerprint density at radius 3 is 2.12 bits per heavy atom. The Bertz CT molecular complexity index is 1100. The van der Waals surface area contributed by atoms with Crippen molar-refractivity contribution in [2.75, 3.05) is 26.2 Å². The molecule has 1 heterocycles. The van der Waals surface area contributed by atoms with Gasteiger partial charge in [-0.25, -0.2) is 0 Å². The molecule has 2 aromatic carbocycles. The van der Waals surface area contributed by atoms with Gasteiger partial charge in [-0.05, 0) is 48.7 Å². The first kappa shape index (κ1) is 23.5. The lowest BCUT2D eigenvalue weighted by molar-refractivity contribution is -0.138. The summed E-state index contributed by atoms with van der Waals surface area (Å²) in [4.78, 5) is 40.1. The van der Waals surface area contributed by atoms with Crippen LogP contribution >= 0.6 is 0 Å². The smallest absolute Gasteiger partial charge is 0.349 e. The maximum atomic E-state index is 13.2. The molecule has 9 heteroatoms. The second-order valence-corrected chi connectivity index (χ2v) is 8.36. The molecule has 1 saturated carbocycles. The highest BCUT2D eigenvalue weighted by Crippen LogP contribution is 2.32. The van der Waals surface area contributed by atoms with Crippen LogP contribution in [0.15, 0.2) is 54.6 Å². The second kappa shape index (κ2) is 9.70. The zero-order chi connectivity index (χ0) is 24.3. The molecule has 1 aliphatic carbocycles. The molecular formula is C25H24F3N3O3. The Morgan fingerprint density at radius 1 is 0.882 bits per heavy atom. The van der Waals surface area contributed by atoms with Crippen LogP contribution in [0.5, 0.6) is 0 Å². The number of alkyl halides is 3. The summed E-state index contributed by atoms with van der Waals surface area (Å²) in [5.74, 6) is -1.06. The standard InChI is InChI=1S/C25H24F3N3O3/c26-25(27,28)21-4-2-1-3-20(21)24(34)31-15-13-30(14-16-31)22(32)12-7-17-5-8-18(9-6-17)23(33)29-19-10-11-19/h1-9,12,19H,10-11,13-16H2,(H,29,33)/b12-7+. The van der Waals surface area contributed by atoms with Gasteiger partial charge in [-0.2, -0.15) is 13.2 Å². The molecule has 0 spiro atoms. The Kier molecular flexibility index (Phi) is 6.72. The van der Waals surface area contributed by atoms with Crippen molar-refractivity contribution in [1.29, 1.82) is 0 Å². The van der Waals surface area contributed by atoms with Crippen molar-refractivity contribution in [3.63, 3.8) is 0 Å². The van der Waals surface area contributed by atoms with Gasteiger partial charge in [0.25, 0.3) is 11.8 Å². The van der Waals surface area contributed by atoms with Crippen molar-refractivity contribution < 1.29 is 27.6 Å². The molecule has 178 valence electrons. The fourth-order valence-corrected chi connectivity index (χ4v) is 3.73. The van der Waals surface area contributed by atoms with Crippen LogP contribution in [0, 0.1) is 0 Å². The molecule has 2 aliphatic rings. The number of carbonyl (C=O) groups excluding carboxylic acids is 3. The van der Waals surface area contributed by atoms with Crippen LogP contribution in [0.25, 0.3) is 6.08 Å². The summed E-state index contributed by atoms with van der Waals surface area (Å²) >= 11 is 0. The van der Waals surface area contributed by atoms with E-state index in [2.05, 4.69) is 5.32 Å². The van der Waals surface area contributed by atoms with Gasteiger partial charge in [0.2, 0.25) is 5.91 Å². The number of nitrogens with zero attached hydrogens (tertiary/aromatic N) is 2. The van der Waals surface area contributed by atoms with Crippen LogP contribution in [0.2, 0.25) is 0 Å². The quantitative estimate of drug-likeness (QED) is 0.678. The van der Waals surface area contributed by atoms with Crippen molar-refractivity contribution in [1.82, 2.24) is 15.1 Å². The Hall–Kier alpha value is -3.62. The number of rotatable bonds is 5. The van der Waals surface area contributed by atoms with Gasteiger partial charge in [-0.15, -0.1) is 0 Å². The summed E-state index contributed by atoms with van der Waals surface area (Å²) in [6.45, 7) is 0.748. The molecule has 0 unspecified atom stereocenters.